The zero-order valence-electron chi connectivity index (χ0n) is 14.7. The van der Waals surface area contributed by atoms with E-state index in [0.717, 1.165) is 11.3 Å². The summed E-state index contributed by atoms with van der Waals surface area (Å²) in [5.74, 6) is 1.17. The quantitative estimate of drug-likeness (QED) is 0.171. The Bertz CT molecular complexity index is 757. The van der Waals surface area contributed by atoms with Gasteiger partial charge in [0.05, 0.1) is 39.6 Å². The zero-order valence-corrected chi connectivity index (χ0v) is 15.5. The van der Waals surface area contributed by atoms with Crippen LogP contribution >= 0.6 is 12.2 Å². The first-order chi connectivity index (χ1) is 13.3. The first-order valence-corrected chi connectivity index (χ1v) is 8.73. The molecule has 0 bridgehead atoms. The number of azide groups is 1. The second kappa shape index (κ2) is 12.8. The second-order valence-electron chi connectivity index (χ2n) is 5.08. The van der Waals surface area contributed by atoms with E-state index in [1.54, 1.807) is 0 Å². The summed E-state index contributed by atoms with van der Waals surface area (Å²) in [6, 6.07) is 7.34. The van der Waals surface area contributed by atoms with Crippen LogP contribution in [0.5, 0.6) is 5.75 Å². The van der Waals surface area contributed by atoms with Crippen LogP contribution in [0.1, 0.15) is 0 Å². The van der Waals surface area contributed by atoms with E-state index in [1.807, 2.05) is 24.3 Å². The van der Waals surface area contributed by atoms with Gasteiger partial charge in [0.2, 0.25) is 5.89 Å². The Morgan fingerprint density at radius 3 is 2.22 bits per heavy atom. The van der Waals surface area contributed by atoms with Gasteiger partial charge in [0, 0.05) is 17.0 Å². The van der Waals surface area contributed by atoms with Crippen LogP contribution in [0.25, 0.3) is 21.9 Å². The topological polar surface area (TPSA) is 128 Å². The van der Waals surface area contributed by atoms with Gasteiger partial charge in [-0.2, -0.15) is 0 Å². The summed E-state index contributed by atoms with van der Waals surface area (Å²) in [5, 5.41) is 9.90. The first kappa shape index (κ1) is 20.9. The normalized spacial score (nSPS) is 10.5. The first-order valence-electron chi connectivity index (χ1n) is 8.32. The summed E-state index contributed by atoms with van der Waals surface area (Å²) in [4.78, 5) is 2.87. The summed E-state index contributed by atoms with van der Waals surface area (Å²) < 4.78 is 26.8. The number of hydrogen-bond acceptors (Lipinski definition) is 8. The average molecular weight is 395 g/mol. The lowest BCUT2D eigenvalue weighted by Gasteiger charge is -2.08. The van der Waals surface area contributed by atoms with E-state index in [1.165, 1.54) is 0 Å². The van der Waals surface area contributed by atoms with Crippen LogP contribution in [0.15, 0.2) is 33.8 Å². The molecule has 1 aromatic heterocycles. The third kappa shape index (κ3) is 8.67. The number of rotatable bonds is 14. The number of benzene rings is 1. The fourth-order valence-corrected chi connectivity index (χ4v) is 2.08. The molecule has 0 spiro atoms. The lowest BCUT2D eigenvalue weighted by molar-refractivity contribution is 0.0106. The van der Waals surface area contributed by atoms with Crippen molar-refractivity contribution >= 4 is 12.2 Å². The highest BCUT2D eigenvalue weighted by molar-refractivity contribution is 7.71. The molecule has 2 rings (SSSR count). The van der Waals surface area contributed by atoms with Crippen molar-refractivity contribution in [1.29, 1.82) is 0 Å². The van der Waals surface area contributed by atoms with E-state index in [2.05, 4.69) is 20.2 Å². The predicted molar refractivity (Wildman–Crippen MR) is 99.1 cm³/mol. The molecule has 0 radical (unpaired) electrons. The van der Waals surface area contributed by atoms with Crippen LogP contribution in [0.3, 0.4) is 0 Å². The molecule has 1 aromatic carbocycles. The molecule has 0 amide bonds. The summed E-state index contributed by atoms with van der Waals surface area (Å²) in [5.41, 5.74) is 8.90. The molecule has 0 unspecified atom stereocenters. The van der Waals surface area contributed by atoms with Crippen LogP contribution < -0.4 is 4.74 Å². The molecule has 0 saturated heterocycles. The van der Waals surface area contributed by atoms with E-state index in [-0.39, 0.29) is 4.84 Å². The van der Waals surface area contributed by atoms with Gasteiger partial charge in [0.25, 0.3) is 4.84 Å². The van der Waals surface area contributed by atoms with Crippen molar-refractivity contribution in [2.45, 2.75) is 0 Å². The highest BCUT2D eigenvalue weighted by Crippen LogP contribution is 2.20. The number of hydrogen-bond donors (Lipinski definition) is 1. The van der Waals surface area contributed by atoms with Crippen molar-refractivity contribution in [3.8, 4) is 17.2 Å². The summed E-state index contributed by atoms with van der Waals surface area (Å²) in [6.07, 6.45) is 0. The molecule has 27 heavy (non-hydrogen) atoms. The molecular formula is C16H21N5O5S. The molecule has 1 N–H and O–H groups in total. The molecule has 10 nitrogen and oxygen atoms in total. The van der Waals surface area contributed by atoms with Gasteiger partial charge in [-0.15, -0.1) is 5.10 Å². The summed E-state index contributed by atoms with van der Waals surface area (Å²) in [7, 11) is 0. The minimum Gasteiger partial charge on any atom is -0.491 e. The molecule has 0 saturated carbocycles. The van der Waals surface area contributed by atoms with Gasteiger partial charge >= 0.3 is 0 Å². The van der Waals surface area contributed by atoms with Crippen LogP contribution in [0.2, 0.25) is 0 Å². The maximum absolute atomic E-state index is 8.09. The highest BCUT2D eigenvalue weighted by atomic mass is 32.1. The third-order valence-corrected chi connectivity index (χ3v) is 3.35. The number of aromatic nitrogens is 2. The molecule has 0 aliphatic heterocycles. The molecule has 0 aliphatic rings. The molecule has 1 heterocycles. The second-order valence-corrected chi connectivity index (χ2v) is 5.45. The van der Waals surface area contributed by atoms with Gasteiger partial charge in [-0.1, -0.05) is 5.11 Å². The highest BCUT2D eigenvalue weighted by Gasteiger charge is 2.04. The molecule has 0 aliphatic carbocycles. The Kier molecular flexibility index (Phi) is 9.93. The van der Waals surface area contributed by atoms with E-state index in [0.29, 0.717) is 58.7 Å². The van der Waals surface area contributed by atoms with E-state index in [4.69, 9.17) is 41.1 Å². The number of aromatic amines is 1. The smallest absolute Gasteiger partial charge is 0.284 e. The van der Waals surface area contributed by atoms with Crippen molar-refractivity contribution < 1.29 is 23.4 Å². The van der Waals surface area contributed by atoms with E-state index in [9.17, 15) is 0 Å². The van der Waals surface area contributed by atoms with E-state index < -0.39 is 0 Å². The average Bonchev–Trinajstić information content (AvgIpc) is 3.12. The maximum Gasteiger partial charge on any atom is 0.284 e. The van der Waals surface area contributed by atoms with Gasteiger partial charge in [-0.05, 0) is 42.0 Å². The summed E-state index contributed by atoms with van der Waals surface area (Å²) in [6.45, 7) is 3.51. The molecule has 146 valence electrons. The minimum atomic E-state index is 0.240. The molecule has 2 aromatic rings. The molecule has 0 atom stereocenters. The Labute approximate surface area is 161 Å². The Hall–Kier alpha value is -2.43. The van der Waals surface area contributed by atoms with Crippen molar-refractivity contribution in [3.63, 3.8) is 0 Å². The number of ether oxygens (including phenoxy) is 4. The largest absolute Gasteiger partial charge is 0.491 e. The molecular weight excluding hydrogens is 374 g/mol. The maximum atomic E-state index is 8.09. The van der Waals surface area contributed by atoms with Gasteiger partial charge in [-0.3, -0.25) is 0 Å². The number of H-pyrrole nitrogens is 1. The summed E-state index contributed by atoms with van der Waals surface area (Å²) >= 11 is 4.85. The Morgan fingerprint density at radius 1 is 1.00 bits per heavy atom. The zero-order chi connectivity index (χ0) is 19.2. The number of nitrogens with zero attached hydrogens (tertiary/aromatic N) is 4. The van der Waals surface area contributed by atoms with Gasteiger partial charge in [0.1, 0.15) is 12.4 Å². The van der Waals surface area contributed by atoms with Gasteiger partial charge in [0.15, 0.2) is 0 Å². The van der Waals surface area contributed by atoms with Crippen LogP contribution in [0.4, 0.5) is 0 Å². The molecule has 0 fully saturated rings. The fraction of sp³-hybridized carbons (Fsp3) is 0.500. The lowest BCUT2D eigenvalue weighted by atomic mass is 10.2. The van der Waals surface area contributed by atoms with Crippen LogP contribution in [-0.2, 0) is 14.2 Å². The predicted octanol–water partition coefficient (Wildman–Crippen LogP) is 3.14. The SMILES string of the molecule is [N-]=[N+]=NCCOCCOCCOCCOc1ccc(-c2n[nH]c(=S)o2)cc1. The van der Waals surface area contributed by atoms with Crippen LogP contribution in [0, 0.1) is 4.84 Å². The van der Waals surface area contributed by atoms with Crippen molar-refractivity contribution in [1.82, 2.24) is 10.2 Å². The van der Waals surface area contributed by atoms with Gasteiger partial charge < -0.3 is 23.4 Å². The van der Waals surface area contributed by atoms with Crippen molar-refractivity contribution in [3.05, 3.63) is 39.5 Å². The number of nitrogens with one attached hydrogen (secondary N) is 1. The van der Waals surface area contributed by atoms with Crippen molar-refractivity contribution in [2.24, 2.45) is 5.11 Å². The standard InChI is InChI=1S/C16H21N5O5S/c17-21-18-5-6-22-7-8-23-9-10-24-11-12-25-14-3-1-13(2-4-14)15-19-20-16(27)26-15/h1-4H,5-12H2,(H,20,27). The van der Waals surface area contributed by atoms with Crippen LogP contribution in [-0.4, -0.2) is 63.0 Å². The fourth-order valence-electron chi connectivity index (χ4n) is 1.96. The molecule has 11 heteroatoms. The Morgan fingerprint density at radius 2 is 1.63 bits per heavy atom. The monoisotopic (exact) mass is 395 g/mol. The third-order valence-electron chi connectivity index (χ3n) is 3.18. The van der Waals surface area contributed by atoms with Crippen molar-refractivity contribution in [2.75, 3.05) is 52.8 Å². The lowest BCUT2D eigenvalue weighted by Crippen LogP contribution is -2.13. The Balaban J connectivity index is 1.46. The van der Waals surface area contributed by atoms with Gasteiger partial charge in [-0.25, -0.2) is 5.10 Å². The minimum absolute atomic E-state index is 0.240. The van der Waals surface area contributed by atoms with E-state index >= 15 is 0 Å².